The van der Waals surface area contributed by atoms with Crippen LogP contribution in [0.25, 0.3) is 0 Å². The molecule has 96 valence electrons. The van der Waals surface area contributed by atoms with Gasteiger partial charge < -0.3 is 4.74 Å². The van der Waals surface area contributed by atoms with Gasteiger partial charge in [0.05, 0.1) is 17.4 Å². The van der Waals surface area contributed by atoms with Crippen LogP contribution in [0.4, 0.5) is 18.9 Å². The van der Waals surface area contributed by atoms with Gasteiger partial charge in [0, 0.05) is 5.56 Å². The molecule has 0 atom stereocenters. The lowest BCUT2D eigenvalue weighted by Gasteiger charge is -2.11. The summed E-state index contributed by atoms with van der Waals surface area (Å²) in [6, 6.07) is 1.60. The molecule has 1 rings (SSSR count). The highest BCUT2D eigenvalue weighted by Gasteiger charge is 2.34. The molecule has 0 spiro atoms. The second kappa shape index (κ2) is 5.34. The first-order valence-electron chi connectivity index (χ1n) is 4.20. The Balaban J connectivity index is 3.33. The topological polar surface area (TPSA) is 89.0 Å². The molecule has 0 aliphatic carbocycles. The van der Waals surface area contributed by atoms with Crippen LogP contribution in [0.15, 0.2) is 6.20 Å². The summed E-state index contributed by atoms with van der Waals surface area (Å²) in [5, 5.41) is 19.1. The molecular weight excluding hydrogens is 370 g/mol. The predicted octanol–water partition coefficient (Wildman–Crippen LogP) is 2.56. The zero-order valence-corrected chi connectivity index (χ0v) is 10.5. The van der Waals surface area contributed by atoms with E-state index in [4.69, 9.17) is 5.26 Å². The van der Waals surface area contributed by atoms with Crippen molar-refractivity contribution in [1.82, 2.24) is 4.98 Å². The zero-order chi connectivity index (χ0) is 13.9. The normalized spacial score (nSPS) is 10.8. The molecule has 10 heteroatoms. The first-order chi connectivity index (χ1) is 8.26. The van der Waals surface area contributed by atoms with Crippen molar-refractivity contribution in [3.05, 3.63) is 25.4 Å². The van der Waals surface area contributed by atoms with Crippen molar-refractivity contribution in [1.29, 1.82) is 5.26 Å². The number of aromatic nitrogens is 1. The first-order valence-corrected chi connectivity index (χ1v) is 5.28. The van der Waals surface area contributed by atoms with Crippen molar-refractivity contribution >= 4 is 28.3 Å². The van der Waals surface area contributed by atoms with Crippen LogP contribution in [0, 0.1) is 25.0 Å². The molecule has 0 bridgehead atoms. The second-order valence-electron chi connectivity index (χ2n) is 2.88. The largest absolute Gasteiger partial charge is 0.574 e. The number of nitriles is 1. The monoisotopic (exact) mass is 373 g/mol. The molecule has 0 N–H and O–H groups in total. The van der Waals surface area contributed by atoms with Gasteiger partial charge in [-0.15, -0.1) is 13.2 Å². The average molecular weight is 373 g/mol. The maximum Gasteiger partial charge on any atom is 0.574 e. The molecule has 0 aliphatic heterocycles. The molecular formula is C8H3F3IN3O3. The lowest BCUT2D eigenvalue weighted by atomic mass is 10.2. The van der Waals surface area contributed by atoms with Crippen molar-refractivity contribution < 1.29 is 22.8 Å². The summed E-state index contributed by atoms with van der Waals surface area (Å²) >= 11 is 1.48. The molecule has 1 heterocycles. The van der Waals surface area contributed by atoms with Crippen LogP contribution >= 0.6 is 22.6 Å². The third-order valence-electron chi connectivity index (χ3n) is 1.72. The van der Waals surface area contributed by atoms with Crippen molar-refractivity contribution in [2.45, 2.75) is 12.8 Å². The van der Waals surface area contributed by atoms with Crippen molar-refractivity contribution in [2.75, 3.05) is 0 Å². The van der Waals surface area contributed by atoms with Gasteiger partial charge in [-0.2, -0.15) is 5.26 Å². The van der Waals surface area contributed by atoms with Crippen LogP contribution in [0.3, 0.4) is 0 Å². The Morgan fingerprint density at radius 1 is 1.61 bits per heavy atom. The number of rotatable bonds is 3. The Hall–Kier alpha value is -1.64. The third-order valence-corrected chi connectivity index (χ3v) is 2.92. The zero-order valence-electron chi connectivity index (χ0n) is 8.36. The Morgan fingerprint density at radius 2 is 2.22 bits per heavy atom. The fourth-order valence-corrected chi connectivity index (χ4v) is 1.82. The molecule has 0 saturated heterocycles. The molecule has 1 aromatic rings. The fourth-order valence-electron chi connectivity index (χ4n) is 1.06. The van der Waals surface area contributed by atoms with E-state index in [1.54, 1.807) is 6.07 Å². The maximum atomic E-state index is 12.1. The molecule has 18 heavy (non-hydrogen) atoms. The third kappa shape index (κ3) is 3.42. The van der Waals surface area contributed by atoms with Gasteiger partial charge >= 0.3 is 12.0 Å². The first kappa shape index (κ1) is 14.4. The highest BCUT2D eigenvalue weighted by molar-refractivity contribution is 14.1. The number of nitro groups is 1. The lowest BCUT2D eigenvalue weighted by molar-refractivity contribution is -0.386. The summed E-state index contributed by atoms with van der Waals surface area (Å²) < 4.78 is 39.7. The van der Waals surface area contributed by atoms with Crippen molar-refractivity contribution in [3.8, 4) is 11.9 Å². The van der Waals surface area contributed by atoms with E-state index in [9.17, 15) is 23.3 Å². The summed E-state index contributed by atoms with van der Waals surface area (Å²) in [6.07, 6.45) is -4.79. The number of pyridine rings is 1. The van der Waals surface area contributed by atoms with E-state index >= 15 is 0 Å². The maximum absolute atomic E-state index is 12.1. The van der Waals surface area contributed by atoms with Gasteiger partial charge in [-0.3, -0.25) is 10.1 Å². The number of hydrogen-bond acceptors (Lipinski definition) is 5. The van der Waals surface area contributed by atoms with E-state index in [0.717, 1.165) is 0 Å². The minimum absolute atomic E-state index is 0.103. The predicted molar refractivity (Wildman–Crippen MR) is 59.6 cm³/mol. The number of hydrogen-bond donors (Lipinski definition) is 0. The molecule has 0 radical (unpaired) electrons. The van der Waals surface area contributed by atoms with Gasteiger partial charge in [-0.25, -0.2) is 4.98 Å². The quantitative estimate of drug-likeness (QED) is 0.462. The highest BCUT2D eigenvalue weighted by Crippen LogP contribution is 2.32. The van der Waals surface area contributed by atoms with E-state index in [1.165, 1.54) is 22.6 Å². The van der Waals surface area contributed by atoms with Gasteiger partial charge in [-0.05, 0) is 22.6 Å². The Morgan fingerprint density at radius 3 is 2.67 bits per heavy atom. The molecule has 0 amide bonds. The van der Waals surface area contributed by atoms with Gasteiger partial charge in [0.25, 0.3) is 0 Å². The van der Waals surface area contributed by atoms with Gasteiger partial charge in [0.15, 0.2) is 0 Å². The van der Waals surface area contributed by atoms with Crippen LogP contribution in [-0.4, -0.2) is 16.3 Å². The number of alkyl halides is 3. The molecule has 1 aromatic heterocycles. The minimum atomic E-state index is -4.98. The van der Waals surface area contributed by atoms with E-state index in [1.807, 2.05) is 0 Å². The Labute approximate surface area is 112 Å². The van der Waals surface area contributed by atoms with E-state index in [-0.39, 0.29) is 9.13 Å². The van der Waals surface area contributed by atoms with Crippen LogP contribution in [0.2, 0.25) is 0 Å². The van der Waals surface area contributed by atoms with E-state index in [0.29, 0.717) is 6.20 Å². The smallest absolute Gasteiger partial charge is 0.387 e. The number of halogens is 4. The number of nitrogens with zero attached hydrogens (tertiary/aromatic N) is 3. The van der Waals surface area contributed by atoms with Gasteiger partial charge in [0.2, 0.25) is 5.88 Å². The van der Waals surface area contributed by atoms with Crippen LogP contribution in [0.1, 0.15) is 5.56 Å². The Bertz CT molecular complexity index is 527. The van der Waals surface area contributed by atoms with Gasteiger partial charge in [-0.1, -0.05) is 0 Å². The average Bonchev–Trinajstić information content (AvgIpc) is 2.21. The van der Waals surface area contributed by atoms with Crippen molar-refractivity contribution in [3.63, 3.8) is 0 Å². The lowest BCUT2D eigenvalue weighted by Crippen LogP contribution is -2.19. The molecule has 0 fully saturated rings. The molecule has 0 saturated carbocycles. The van der Waals surface area contributed by atoms with Crippen LogP contribution in [-0.2, 0) is 6.42 Å². The molecule has 0 aliphatic rings. The minimum Gasteiger partial charge on any atom is -0.387 e. The Kier molecular flexibility index (Phi) is 4.28. The molecule has 6 nitrogen and oxygen atoms in total. The fraction of sp³-hybridized carbons (Fsp3) is 0.250. The molecule has 0 aromatic carbocycles. The number of ether oxygens (including phenoxy) is 1. The summed E-state index contributed by atoms with van der Waals surface area (Å²) in [5.74, 6) is -0.848. The van der Waals surface area contributed by atoms with E-state index < -0.39 is 29.3 Å². The summed E-state index contributed by atoms with van der Waals surface area (Å²) in [7, 11) is 0. The van der Waals surface area contributed by atoms with Crippen molar-refractivity contribution in [2.24, 2.45) is 0 Å². The standard InChI is InChI=1S/C8H3F3IN3O3/c9-8(10,11)18-7-4(1-2-13)6(12)5(3-14-7)15(16)17/h3H,1H2. The van der Waals surface area contributed by atoms with Crippen LogP contribution in [0.5, 0.6) is 5.88 Å². The van der Waals surface area contributed by atoms with E-state index in [2.05, 4.69) is 9.72 Å². The summed E-state index contributed by atoms with van der Waals surface area (Å²) in [6.45, 7) is 0. The highest BCUT2D eigenvalue weighted by atomic mass is 127. The second-order valence-corrected chi connectivity index (χ2v) is 3.96. The summed E-state index contributed by atoms with van der Waals surface area (Å²) in [5.41, 5.74) is -0.736. The van der Waals surface area contributed by atoms with Crippen LogP contribution < -0.4 is 4.74 Å². The summed E-state index contributed by atoms with van der Waals surface area (Å²) in [4.78, 5) is 13.0. The molecule has 0 unspecified atom stereocenters. The van der Waals surface area contributed by atoms with Gasteiger partial charge in [0.1, 0.15) is 9.77 Å². The SMILES string of the molecule is N#CCc1c(OC(F)(F)F)ncc([N+](=O)[O-])c1I.